The van der Waals surface area contributed by atoms with E-state index in [1.54, 1.807) is 0 Å². The van der Waals surface area contributed by atoms with Gasteiger partial charge < -0.3 is 15.7 Å². The summed E-state index contributed by atoms with van der Waals surface area (Å²) in [5.74, 6) is -3.28. The van der Waals surface area contributed by atoms with Crippen molar-refractivity contribution < 1.29 is 23.9 Å². The fraction of sp³-hybridized carbons (Fsp3) is 0.357. The lowest BCUT2D eigenvalue weighted by Gasteiger charge is -2.16. The summed E-state index contributed by atoms with van der Waals surface area (Å²) in [5, 5.41) is 13.7. The molecule has 1 aliphatic heterocycles. The first-order valence-electron chi connectivity index (χ1n) is 6.76. The lowest BCUT2D eigenvalue weighted by atomic mass is 10.1. The number of hydrogen-bond acceptors (Lipinski definition) is 3. The molecule has 0 saturated carbocycles. The molecule has 1 aromatic carbocycles. The predicted octanol–water partition coefficient (Wildman–Crippen LogP) is 0.806. The Morgan fingerprint density at radius 3 is 2.82 bits per heavy atom. The minimum absolute atomic E-state index is 0.109. The van der Waals surface area contributed by atoms with Gasteiger partial charge in [0.2, 0.25) is 0 Å². The average Bonchev–Trinajstić information content (AvgIpc) is 2.91. The number of nitrogens with one attached hydrogen (secondary N) is 2. The smallest absolute Gasteiger partial charge is 0.321 e. The van der Waals surface area contributed by atoms with Gasteiger partial charge in [0.1, 0.15) is 5.82 Å². The van der Waals surface area contributed by atoms with Crippen molar-refractivity contribution in [1.29, 1.82) is 0 Å². The number of aliphatic carboxylic acids is 1. The summed E-state index contributed by atoms with van der Waals surface area (Å²) in [6, 6.07) is 3.49. The van der Waals surface area contributed by atoms with E-state index < -0.39 is 23.6 Å². The number of halogens is 1. The number of carboxylic acid groups (broad SMARTS) is 1. The molecule has 1 aliphatic rings. The van der Waals surface area contributed by atoms with Crippen LogP contribution >= 0.6 is 0 Å². The Bertz CT molecular complexity index is 620. The van der Waals surface area contributed by atoms with Gasteiger partial charge in [0, 0.05) is 25.3 Å². The zero-order chi connectivity index (χ0) is 16.3. The molecule has 0 spiro atoms. The van der Waals surface area contributed by atoms with Gasteiger partial charge in [0.05, 0.1) is 11.5 Å². The second-order valence-corrected chi connectivity index (χ2v) is 5.00. The zero-order valence-electron chi connectivity index (χ0n) is 11.9. The number of benzene rings is 1. The van der Waals surface area contributed by atoms with E-state index in [0.717, 1.165) is 6.07 Å². The molecule has 1 heterocycles. The second kappa shape index (κ2) is 6.42. The number of carbonyl (C=O) groups excluding carboxylic acids is 2. The number of carbonyl (C=O) groups is 3. The van der Waals surface area contributed by atoms with E-state index in [-0.39, 0.29) is 18.1 Å². The Labute approximate surface area is 126 Å². The van der Waals surface area contributed by atoms with Crippen LogP contribution in [-0.2, 0) is 4.79 Å². The van der Waals surface area contributed by atoms with Crippen molar-refractivity contribution in [3.8, 4) is 0 Å². The highest BCUT2D eigenvalue weighted by molar-refractivity contribution is 5.98. The molecule has 0 unspecified atom stereocenters. The first-order valence-corrected chi connectivity index (χ1v) is 6.76. The molecule has 22 heavy (non-hydrogen) atoms. The van der Waals surface area contributed by atoms with E-state index in [9.17, 15) is 18.8 Å². The van der Waals surface area contributed by atoms with Crippen LogP contribution in [0.3, 0.4) is 0 Å². The SMILES string of the molecule is C[C@@H](CNC(=O)c1cc(N2CCNC2=O)ccc1F)C(=O)O. The van der Waals surface area contributed by atoms with E-state index >= 15 is 0 Å². The molecule has 1 atom stereocenters. The van der Waals surface area contributed by atoms with Crippen molar-refractivity contribution in [1.82, 2.24) is 10.6 Å². The number of anilines is 1. The van der Waals surface area contributed by atoms with E-state index in [2.05, 4.69) is 10.6 Å². The van der Waals surface area contributed by atoms with Crippen molar-refractivity contribution in [3.05, 3.63) is 29.6 Å². The van der Waals surface area contributed by atoms with Crippen molar-refractivity contribution in [3.63, 3.8) is 0 Å². The van der Waals surface area contributed by atoms with Crippen molar-refractivity contribution in [2.75, 3.05) is 24.5 Å². The van der Waals surface area contributed by atoms with Crippen LogP contribution in [0, 0.1) is 11.7 Å². The maximum absolute atomic E-state index is 13.8. The Morgan fingerprint density at radius 2 is 2.23 bits per heavy atom. The van der Waals surface area contributed by atoms with Gasteiger partial charge in [0.15, 0.2) is 0 Å². The first kappa shape index (κ1) is 15.7. The molecule has 1 saturated heterocycles. The zero-order valence-corrected chi connectivity index (χ0v) is 11.9. The third kappa shape index (κ3) is 3.33. The van der Waals surface area contributed by atoms with Gasteiger partial charge in [-0.05, 0) is 18.2 Å². The molecule has 8 heteroatoms. The molecular formula is C14H16FN3O4. The Balaban J connectivity index is 2.14. The largest absolute Gasteiger partial charge is 0.481 e. The molecule has 118 valence electrons. The summed E-state index contributed by atoms with van der Waals surface area (Å²) in [5.41, 5.74) is 0.183. The maximum Gasteiger partial charge on any atom is 0.321 e. The maximum atomic E-state index is 13.8. The van der Waals surface area contributed by atoms with Crippen LogP contribution in [0.4, 0.5) is 14.9 Å². The predicted molar refractivity (Wildman–Crippen MR) is 76.3 cm³/mol. The molecule has 3 amide bonds. The van der Waals surface area contributed by atoms with Gasteiger partial charge in [-0.15, -0.1) is 0 Å². The lowest BCUT2D eigenvalue weighted by Crippen LogP contribution is -2.32. The van der Waals surface area contributed by atoms with E-state index in [1.807, 2.05) is 0 Å². The molecule has 3 N–H and O–H groups in total. The molecular weight excluding hydrogens is 293 g/mol. The quantitative estimate of drug-likeness (QED) is 0.749. The van der Waals surface area contributed by atoms with Crippen LogP contribution in [0.5, 0.6) is 0 Å². The number of carboxylic acids is 1. The van der Waals surface area contributed by atoms with Crippen LogP contribution in [0.1, 0.15) is 17.3 Å². The lowest BCUT2D eigenvalue weighted by molar-refractivity contribution is -0.140. The van der Waals surface area contributed by atoms with Crippen LogP contribution < -0.4 is 15.5 Å². The molecule has 0 aromatic heterocycles. The van der Waals surface area contributed by atoms with Crippen molar-refractivity contribution in [2.24, 2.45) is 5.92 Å². The standard InChI is InChI=1S/C14H16FN3O4/c1-8(13(20)21)7-17-12(19)10-6-9(2-3-11(10)15)18-5-4-16-14(18)22/h2-3,6,8H,4-5,7H2,1H3,(H,16,22)(H,17,19)(H,20,21)/t8-/m0/s1. The number of amides is 3. The second-order valence-electron chi connectivity index (χ2n) is 5.00. The molecule has 1 aromatic rings. The Hall–Kier alpha value is -2.64. The topological polar surface area (TPSA) is 98.7 Å². The highest BCUT2D eigenvalue weighted by Crippen LogP contribution is 2.20. The fourth-order valence-corrected chi connectivity index (χ4v) is 2.00. The molecule has 1 fully saturated rings. The third-order valence-corrected chi connectivity index (χ3v) is 3.35. The average molecular weight is 309 g/mol. The van der Waals surface area contributed by atoms with Gasteiger partial charge in [-0.2, -0.15) is 0 Å². The molecule has 0 aliphatic carbocycles. The van der Waals surface area contributed by atoms with Crippen molar-refractivity contribution in [2.45, 2.75) is 6.92 Å². The number of urea groups is 1. The summed E-state index contributed by atoms with van der Waals surface area (Å²) < 4.78 is 13.8. The van der Waals surface area contributed by atoms with E-state index in [4.69, 9.17) is 5.11 Å². The molecule has 0 radical (unpaired) electrons. The highest BCUT2D eigenvalue weighted by atomic mass is 19.1. The van der Waals surface area contributed by atoms with E-state index in [1.165, 1.54) is 24.0 Å². The summed E-state index contributed by atoms with van der Waals surface area (Å²) in [6.07, 6.45) is 0. The number of hydrogen-bond donors (Lipinski definition) is 3. The number of rotatable bonds is 5. The van der Waals surface area contributed by atoms with Gasteiger partial charge in [-0.25, -0.2) is 9.18 Å². The monoisotopic (exact) mass is 309 g/mol. The number of nitrogens with zero attached hydrogens (tertiary/aromatic N) is 1. The third-order valence-electron chi connectivity index (χ3n) is 3.35. The van der Waals surface area contributed by atoms with Crippen molar-refractivity contribution >= 4 is 23.6 Å². The minimum atomic E-state index is -1.05. The molecule has 2 rings (SSSR count). The summed E-state index contributed by atoms with van der Waals surface area (Å²) in [4.78, 5) is 35.7. The van der Waals surface area contributed by atoms with Crippen LogP contribution in [0.25, 0.3) is 0 Å². The van der Waals surface area contributed by atoms with Crippen LogP contribution in [-0.4, -0.2) is 42.6 Å². The van der Waals surface area contributed by atoms with Crippen LogP contribution in [0.2, 0.25) is 0 Å². The van der Waals surface area contributed by atoms with Gasteiger partial charge >= 0.3 is 12.0 Å². The normalized spacial score (nSPS) is 15.4. The Kier molecular flexibility index (Phi) is 4.59. The van der Waals surface area contributed by atoms with Gasteiger partial charge in [-0.3, -0.25) is 14.5 Å². The Morgan fingerprint density at radius 1 is 1.50 bits per heavy atom. The summed E-state index contributed by atoms with van der Waals surface area (Å²) in [7, 11) is 0. The molecule has 0 bridgehead atoms. The minimum Gasteiger partial charge on any atom is -0.481 e. The summed E-state index contributed by atoms with van der Waals surface area (Å²) in [6.45, 7) is 2.24. The summed E-state index contributed by atoms with van der Waals surface area (Å²) >= 11 is 0. The highest BCUT2D eigenvalue weighted by Gasteiger charge is 2.23. The molecule has 7 nitrogen and oxygen atoms in total. The van der Waals surface area contributed by atoms with Gasteiger partial charge in [0.25, 0.3) is 5.91 Å². The first-order chi connectivity index (χ1) is 10.4. The fourth-order valence-electron chi connectivity index (χ4n) is 2.00. The van der Waals surface area contributed by atoms with Gasteiger partial charge in [-0.1, -0.05) is 6.92 Å². The van der Waals surface area contributed by atoms with E-state index in [0.29, 0.717) is 18.8 Å². The van der Waals surface area contributed by atoms with Crippen LogP contribution in [0.15, 0.2) is 18.2 Å².